The van der Waals surface area contributed by atoms with Crippen molar-refractivity contribution in [2.45, 2.75) is 25.7 Å². The van der Waals surface area contributed by atoms with Crippen molar-refractivity contribution in [3.05, 3.63) is 64.7 Å². The van der Waals surface area contributed by atoms with Gasteiger partial charge in [0, 0.05) is 24.2 Å². The van der Waals surface area contributed by atoms with Crippen molar-refractivity contribution in [1.29, 1.82) is 0 Å². The quantitative estimate of drug-likeness (QED) is 0.686. The molecular weight excluding hydrogens is 402 g/mol. The summed E-state index contributed by atoms with van der Waals surface area (Å²) in [6, 6.07) is 7.49. The summed E-state index contributed by atoms with van der Waals surface area (Å²) in [5, 5.41) is 4.47. The maximum Gasteiger partial charge on any atom is 0.416 e. The Labute approximate surface area is 161 Å². The van der Waals surface area contributed by atoms with Crippen LogP contribution in [0.2, 0.25) is 0 Å². The van der Waals surface area contributed by atoms with Gasteiger partial charge < -0.3 is 10.6 Å². The molecule has 0 bridgehead atoms. The van der Waals surface area contributed by atoms with Gasteiger partial charge in [0.25, 0.3) is 5.91 Å². The van der Waals surface area contributed by atoms with Crippen LogP contribution in [0.4, 0.5) is 32.0 Å². The van der Waals surface area contributed by atoms with E-state index in [0.717, 1.165) is 0 Å². The van der Waals surface area contributed by atoms with Gasteiger partial charge in [-0.1, -0.05) is 18.2 Å². The van der Waals surface area contributed by atoms with Gasteiger partial charge in [-0.3, -0.25) is 9.59 Å². The van der Waals surface area contributed by atoms with Crippen LogP contribution in [0, 0.1) is 6.92 Å². The highest BCUT2D eigenvalue weighted by Crippen LogP contribution is 2.37. The number of amides is 2. The van der Waals surface area contributed by atoms with Gasteiger partial charge in [-0.25, -0.2) is 0 Å². The van der Waals surface area contributed by atoms with Crippen molar-refractivity contribution in [3.8, 4) is 0 Å². The van der Waals surface area contributed by atoms with Gasteiger partial charge >= 0.3 is 12.4 Å². The number of carbonyl (C=O) groups is 2. The number of carbonyl (C=O) groups excluding carboxylic acids is 2. The monoisotopic (exact) mass is 418 g/mol. The molecule has 0 aromatic heterocycles. The number of hydrogen-bond acceptors (Lipinski definition) is 2. The van der Waals surface area contributed by atoms with E-state index in [4.69, 9.17) is 0 Å². The Bertz CT molecular complexity index is 874. The molecule has 0 aliphatic carbocycles. The van der Waals surface area contributed by atoms with Crippen LogP contribution in [0.25, 0.3) is 0 Å². The predicted molar refractivity (Wildman–Crippen MR) is 93.2 cm³/mol. The van der Waals surface area contributed by atoms with E-state index >= 15 is 0 Å². The Kier molecular flexibility index (Phi) is 6.55. The fourth-order valence-corrected chi connectivity index (χ4v) is 2.46. The molecule has 2 N–H and O–H groups in total. The molecule has 156 valence electrons. The van der Waals surface area contributed by atoms with E-state index in [1.165, 1.54) is 0 Å². The molecule has 2 aromatic carbocycles. The standard InChI is InChI=1S/C19H16F6N2O2/c1-11-4-2-3-5-15(11)17(29)26-7-6-16(28)27-14-9-12(18(20,21)22)8-13(10-14)19(23,24)25/h2-5,8-10H,6-7H2,1H3,(H,26,29)(H,27,28). The maximum atomic E-state index is 12.8. The SMILES string of the molecule is Cc1ccccc1C(=O)NCCC(=O)Nc1cc(C(F)(F)F)cc(C(F)(F)F)c1. The number of anilines is 1. The second-order valence-electron chi connectivity index (χ2n) is 6.16. The summed E-state index contributed by atoms with van der Waals surface area (Å²) in [5.74, 6) is -1.29. The highest BCUT2D eigenvalue weighted by molar-refractivity contribution is 5.96. The number of aryl methyl sites for hydroxylation is 1. The van der Waals surface area contributed by atoms with E-state index in [-0.39, 0.29) is 19.0 Å². The first kappa shape index (κ1) is 22.3. The first-order valence-electron chi connectivity index (χ1n) is 8.31. The fraction of sp³-hybridized carbons (Fsp3) is 0.263. The lowest BCUT2D eigenvalue weighted by molar-refractivity contribution is -0.143. The molecule has 2 rings (SSSR count). The second kappa shape index (κ2) is 8.54. The highest BCUT2D eigenvalue weighted by Gasteiger charge is 2.37. The minimum atomic E-state index is -5.01. The number of nitrogens with one attached hydrogen (secondary N) is 2. The van der Waals surface area contributed by atoms with Crippen molar-refractivity contribution < 1.29 is 35.9 Å². The molecule has 0 spiro atoms. The largest absolute Gasteiger partial charge is 0.416 e. The summed E-state index contributed by atoms with van der Waals surface area (Å²) in [6.45, 7) is 1.57. The van der Waals surface area contributed by atoms with Crippen molar-refractivity contribution in [2.75, 3.05) is 11.9 Å². The van der Waals surface area contributed by atoms with Gasteiger partial charge in [0.1, 0.15) is 0 Å². The van der Waals surface area contributed by atoms with Crippen LogP contribution in [0.1, 0.15) is 33.5 Å². The van der Waals surface area contributed by atoms with Crippen molar-refractivity contribution in [1.82, 2.24) is 5.32 Å². The molecule has 0 heterocycles. The molecule has 2 amide bonds. The van der Waals surface area contributed by atoms with Crippen molar-refractivity contribution in [3.63, 3.8) is 0 Å². The summed E-state index contributed by atoms with van der Waals surface area (Å²) in [4.78, 5) is 23.9. The van der Waals surface area contributed by atoms with Crippen LogP contribution in [-0.2, 0) is 17.1 Å². The Morgan fingerprint density at radius 2 is 1.45 bits per heavy atom. The smallest absolute Gasteiger partial charge is 0.352 e. The van der Waals surface area contributed by atoms with Gasteiger partial charge in [0.05, 0.1) is 11.1 Å². The molecule has 29 heavy (non-hydrogen) atoms. The molecule has 0 aliphatic heterocycles. The zero-order valence-corrected chi connectivity index (χ0v) is 15.0. The van der Waals surface area contributed by atoms with E-state index in [9.17, 15) is 35.9 Å². The Morgan fingerprint density at radius 1 is 0.897 bits per heavy atom. The lowest BCUT2D eigenvalue weighted by Crippen LogP contribution is -2.28. The van der Waals surface area contributed by atoms with Gasteiger partial charge in [-0.2, -0.15) is 26.3 Å². The molecule has 0 fully saturated rings. The summed E-state index contributed by atoms with van der Waals surface area (Å²) < 4.78 is 77.0. The zero-order chi connectivity index (χ0) is 21.8. The van der Waals surface area contributed by atoms with Crippen molar-refractivity contribution in [2.24, 2.45) is 0 Å². The third kappa shape index (κ3) is 6.23. The van der Waals surface area contributed by atoms with Crippen LogP contribution >= 0.6 is 0 Å². The third-order valence-electron chi connectivity index (χ3n) is 3.90. The van der Waals surface area contributed by atoms with Crippen LogP contribution in [0.15, 0.2) is 42.5 Å². The average Bonchev–Trinajstić information content (AvgIpc) is 2.60. The summed E-state index contributed by atoms with van der Waals surface area (Å²) in [7, 11) is 0. The van der Waals surface area contributed by atoms with Gasteiger partial charge in [-0.05, 0) is 36.8 Å². The molecule has 0 saturated heterocycles. The maximum absolute atomic E-state index is 12.8. The van der Waals surface area contributed by atoms with E-state index in [0.29, 0.717) is 23.3 Å². The van der Waals surface area contributed by atoms with Crippen LogP contribution in [0.3, 0.4) is 0 Å². The fourth-order valence-electron chi connectivity index (χ4n) is 2.46. The minimum absolute atomic E-state index is 0.0297. The van der Waals surface area contributed by atoms with Crippen LogP contribution < -0.4 is 10.6 Å². The normalized spacial score (nSPS) is 11.8. The van der Waals surface area contributed by atoms with Gasteiger partial charge in [-0.15, -0.1) is 0 Å². The molecular formula is C19H16F6N2O2. The van der Waals surface area contributed by atoms with E-state index in [2.05, 4.69) is 5.32 Å². The Hall–Kier alpha value is -3.04. The summed E-state index contributed by atoms with van der Waals surface area (Å²) >= 11 is 0. The predicted octanol–water partition coefficient (Wildman–Crippen LogP) is 4.79. The van der Waals surface area contributed by atoms with E-state index < -0.39 is 41.0 Å². The molecule has 0 atom stereocenters. The van der Waals surface area contributed by atoms with E-state index in [1.807, 2.05) is 5.32 Å². The van der Waals surface area contributed by atoms with E-state index in [1.54, 1.807) is 31.2 Å². The number of halogens is 6. The molecule has 0 saturated carbocycles. The molecule has 2 aromatic rings. The van der Waals surface area contributed by atoms with Crippen LogP contribution in [0.5, 0.6) is 0 Å². The summed E-state index contributed by atoms with van der Waals surface area (Å²) in [6.07, 6.45) is -10.4. The zero-order valence-electron chi connectivity index (χ0n) is 15.0. The first-order valence-corrected chi connectivity index (χ1v) is 8.31. The molecule has 4 nitrogen and oxygen atoms in total. The third-order valence-corrected chi connectivity index (χ3v) is 3.90. The lowest BCUT2D eigenvalue weighted by atomic mass is 10.1. The van der Waals surface area contributed by atoms with Crippen LogP contribution in [-0.4, -0.2) is 18.4 Å². The first-order chi connectivity index (χ1) is 13.4. The topological polar surface area (TPSA) is 58.2 Å². The number of hydrogen-bond donors (Lipinski definition) is 2. The highest BCUT2D eigenvalue weighted by atomic mass is 19.4. The Morgan fingerprint density at radius 3 is 1.97 bits per heavy atom. The number of benzene rings is 2. The second-order valence-corrected chi connectivity index (χ2v) is 6.16. The van der Waals surface area contributed by atoms with Gasteiger partial charge in [0.15, 0.2) is 0 Å². The molecule has 0 unspecified atom stereocenters. The van der Waals surface area contributed by atoms with Crippen molar-refractivity contribution >= 4 is 17.5 Å². The lowest BCUT2D eigenvalue weighted by Gasteiger charge is -2.15. The molecule has 10 heteroatoms. The number of rotatable bonds is 5. The summed E-state index contributed by atoms with van der Waals surface area (Å²) in [5.41, 5.74) is -2.60. The van der Waals surface area contributed by atoms with Gasteiger partial charge in [0.2, 0.25) is 5.91 Å². The molecule has 0 aliphatic rings. The minimum Gasteiger partial charge on any atom is -0.352 e. The average molecular weight is 418 g/mol. The number of alkyl halides is 6. The molecule has 0 radical (unpaired) electrons. The Balaban J connectivity index is 2.03.